The number of nitrogens with one attached hydrogen (secondary N) is 2. The zero-order chi connectivity index (χ0) is 16.8. The molecule has 0 aliphatic carbocycles. The van der Waals surface area contributed by atoms with Crippen LogP contribution >= 0.6 is 0 Å². The summed E-state index contributed by atoms with van der Waals surface area (Å²) in [7, 11) is 3.12. The Bertz CT molecular complexity index is 752. The van der Waals surface area contributed by atoms with Crippen molar-refractivity contribution in [2.75, 3.05) is 20.8 Å². The molecule has 0 bridgehead atoms. The molecule has 0 radical (unpaired) electrons. The summed E-state index contributed by atoms with van der Waals surface area (Å²) in [5.41, 5.74) is 1.15. The van der Waals surface area contributed by atoms with E-state index in [1.165, 1.54) is 0 Å². The molecule has 1 amide bonds. The number of benzene rings is 1. The Hall–Kier alpha value is -2.50. The third-order valence-corrected chi connectivity index (χ3v) is 3.62. The molecule has 1 aromatic carbocycles. The van der Waals surface area contributed by atoms with Gasteiger partial charge in [0.15, 0.2) is 11.5 Å². The first-order chi connectivity index (χ1) is 11.1. The number of ether oxygens (including phenoxy) is 2. The Morgan fingerprint density at radius 1 is 1.17 bits per heavy atom. The van der Waals surface area contributed by atoms with Crippen LogP contribution in [0.2, 0.25) is 0 Å². The van der Waals surface area contributed by atoms with Crippen molar-refractivity contribution in [3.63, 3.8) is 0 Å². The highest BCUT2D eigenvalue weighted by atomic mass is 16.5. The number of hydrogen-bond acceptors (Lipinski definition) is 4. The van der Waals surface area contributed by atoms with Crippen LogP contribution in [0, 0.1) is 0 Å². The Labute approximate surface area is 134 Å². The Balaban J connectivity index is 2.23. The van der Waals surface area contributed by atoms with Gasteiger partial charge in [0.2, 0.25) is 5.91 Å². The molecule has 0 aliphatic heterocycles. The molecule has 0 aliphatic rings. The number of H-pyrrole nitrogens is 1. The maximum absolute atomic E-state index is 12.1. The second-order valence-corrected chi connectivity index (χ2v) is 5.27. The van der Waals surface area contributed by atoms with E-state index in [0.717, 1.165) is 11.8 Å². The van der Waals surface area contributed by atoms with Crippen LogP contribution in [0.3, 0.4) is 0 Å². The summed E-state index contributed by atoms with van der Waals surface area (Å²) in [6.45, 7) is 2.40. The minimum Gasteiger partial charge on any atom is -0.493 e. The molecular weight excluding hydrogens is 296 g/mol. The van der Waals surface area contributed by atoms with Gasteiger partial charge in [-0.25, -0.2) is 0 Å². The van der Waals surface area contributed by atoms with Crippen molar-refractivity contribution in [2.24, 2.45) is 0 Å². The highest BCUT2D eigenvalue weighted by molar-refractivity contribution is 5.83. The average Bonchev–Trinajstić information content (AvgIpc) is 2.54. The first kappa shape index (κ1) is 16.9. The molecule has 0 saturated carbocycles. The van der Waals surface area contributed by atoms with E-state index in [0.29, 0.717) is 42.0 Å². The number of aromatic nitrogens is 1. The molecule has 6 nitrogen and oxygen atoms in total. The maximum atomic E-state index is 12.1. The maximum Gasteiger partial charge on any atom is 0.251 e. The first-order valence-electron chi connectivity index (χ1n) is 7.63. The standard InChI is InChI=1S/C17H22N2O4/c1-4-5-16(20)18-7-6-11-8-12-9-14(22-2)15(23-3)10-13(12)19-17(11)21/h8-10H,4-7H2,1-3H3,(H,18,20)(H,19,21). The van der Waals surface area contributed by atoms with Gasteiger partial charge in [-0.3, -0.25) is 9.59 Å². The third kappa shape index (κ3) is 4.03. The molecule has 1 heterocycles. The van der Waals surface area contributed by atoms with Gasteiger partial charge >= 0.3 is 0 Å². The SMILES string of the molecule is CCCC(=O)NCCc1cc2cc(OC)c(OC)cc2[nH]c1=O. The number of carbonyl (C=O) groups excluding carboxylic acids is 1. The van der Waals surface area contributed by atoms with Crippen LogP contribution < -0.4 is 20.3 Å². The molecule has 1 aromatic heterocycles. The average molecular weight is 318 g/mol. The van der Waals surface area contributed by atoms with Crippen molar-refractivity contribution in [3.05, 3.63) is 34.1 Å². The van der Waals surface area contributed by atoms with Gasteiger partial charge in [0.25, 0.3) is 5.56 Å². The number of carbonyl (C=O) groups is 1. The van der Waals surface area contributed by atoms with E-state index in [1.54, 1.807) is 20.3 Å². The van der Waals surface area contributed by atoms with E-state index in [4.69, 9.17) is 9.47 Å². The molecule has 124 valence electrons. The number of fused-ring (bicyclic) bond motifs is 1. The number of amides is 1. The molecule has 0 unspecified atom stereocenters. The highest BCUT2D eigenvalue weighted by Gasteiger charge is 2.09. The predicted octanol–water partition coefficient (Wildman–Crippen LogP) is 2.00. The van der Waals surface area contributed by atoms with Crippen LogP contribution in [-0.2, 0) is 11.2 Å². The first-order valence-corrected chi connectivity index (χ1v) is 7.63. The number of methoxy groups -OCH3 is 2. The van der Waals surface area contributed by atoms with Crippen molar-refractivity contribution in [1.29, 1.82) is 0 Å². The van der Waals surface area contributed by atoms with Crippen molar-refractivity contribution in [1.82, 2.24) is 10.3 Å². The Kier molecular flexibility index (Phi) is 5.62. The highest BCUT2D eigenvalue weighted by Crippen LogP contribution is 2.30. The van der Waals surface area contributed by atoms with Gasteiger partial charge in [0.1, 0.15) is 0 Å². The molecule has 6 heteroatoms. The summed E-state index contributed by atoms with van der Waals surface area (Å²) in [6, 6.07) is 5.38. The van der Waals surface area contributed by atoms with E-state index in [2.05, 4.69) is 10.3 Å². The molecule has 23 heavy (non-hydrogen) atoms. The fraction of sp³-hybridized carbons (Fsp3) is 0.412. The van der Waals surface area contributed by atoms with Crippen molar-refractivity contribution < 1.29 is 14.3 Å². The minimum absolute atomic E-state index is 0.0103. The van der Waals surface area contributed by atoms with Crippen molar-refractivity contribution in [2.45, 2.75) is 26.2 Å². The van der Waals surface area contributed by atoms with Gasteiger partial charge < -0.3 is 19.8 Å². The number of aromatic amines is 1. The molecule has 2 rings (SSSR count). The van der Waals surface area contributed by atoms with Crippen molar-refractivity contribution >= 4 is 16.8 Å². The molecule has 0 atom stereocenters. The van der Waals surface area contributed by atoms with Gasteiger partial charge in [0, 0.05) is 30.0 Å². The summed E-state index contributed by atoms with van der Waals surface area (Å²) >= 11 is 0. The molecule has 2 N–H and O–H groups in total. The molecule has 0 spiro atoms. The van der Waals surface area contributed by atoms with Gasteiger partial charge in [-0.2, -0.15) is 0 Å². The third-order valence-electron chi connectivity index (χ3n) is 3.62. The van der Waals surface area contributed by atoms with Gasteiger partial charge in [-0.15, -0.1) is 0 Å². The zero-order valence-corrected chi connectivity index (χ0v) is 13.7. The van der Waals surface area contributed by atoms with Crippen LogP contribution in [0.25, 0.3) is 10.9 Å². The van der Waals surface area contributed by atoms with Crippen LogP contribution in [0.15, 0.2) is 23.0 Å². The van der Waals surface area contributed by atoms with Crippen LogP contribution in [0.1, 0.15) is 25.3 Å². The molecule has 0 fully saturated rings. The number of hydrogen-bond donors (Lipinski definition) is 2. The topological polar surface area (TPSA) is 80.4 Å². The molecule has 0 saturated heterocycles. The minimum atomic E-state index is -0.158. The van der Waals surface area contributed by atoms with E-state index in [1.807, 2.05) is 19.1 Å². The largest absolute Gasteiger partial charge is 0.493 e. The monoisotopic (exact) mass is 318 g/mol. The number of rotatable bonds is 7. The van der Waals surface area contributed by atoms with E-state index < -0.39 is 0 Å². The fourth-order valence-corrected chi connectivity index (χ4v) is 2.42. The zero-order valence-electron chi connectivity index (χ0n) is 13.7. The van der Waals surface area contributed by atoms with Crippen LogP contribution in [0.4, 0.5) is 0 Å². The van der Waals surface area contributed by atoms with E-state index in [9.17, 15) is 9.59 Å². The van der Waals surface area contributed by atoms with Gasteiger partial charge in [0.05, 0.1) is 19.7 Å². The quantitative estimate of drug-likeness (QED) is 0.818. The fourth-order valence-electron chi connectivity index (χ4n) is 2.42. The lowest BCUT2D eigenvalue weighted by Gasteiger charge is -2.10. The summed E-state index contributed by atoms with van der Waals surface area (Å²) in [5.74, 6) is 1.18. The van der Waals surface area contributed by atoms with Gasteiger partial charge in [-0.1, -0.05) is 6.92 Å². The predicted molar refractivity (Wildman–Crippen MR) is 89.3 cm³/mol. The normalized spacial score (nSPS) is 10.6. The summed E-state index contributed by atoms with van der Waals surface area (Å²) < 4.78 is 10.5. The molecule has 2 aromatic rings. The lowest BCUT2D eigenvalue weighted by atomic mass is 10.1. The molecular formula is C17H22N2O4. The Morgan fingerprint density at radius 2 is 1.87 bits per heavy atom. The van der Waals surface area contributed by atoms with Gasteiger partial charge in [-0.05, 0) is 25.0 Å². The van der Waals surface area contributed by atoms with Crippen LogP contribution in [0.5, 0.6) is 11.5 Å². The smallest absolute Gasteiger partial charge is 0.251 e. The summed E-state index contributed by atoms with van der Waals surface area (Å²) in [5, 5.41) is 3.67. The van der Waals surface area contributed by atoms with Crippen molar-refractivity contribution in [3.8, 4) is 11.5 Å². The second kappa shape index (κ2) is 7.67. The Morgan fingerprint density at radius 3 is 2.52 bits per heavy atom. The van der Waals surface area contributed by atoms with E-state index >= 15 is 0 Å². The van der Waals surface area contributed by atoms with Crippen LogP contribution in [-0.4, -0.2) is 31.7 Å². The summed E-state index contributed by atoms with van der Waals surface area (Å²) in [4.78, 5) is 26.4. The lowest BCUT2D eigenvalue weighted by Crippen LogP contribution is -2.27. The van der Waals surface area contributed by atoms with E-state index in [-0.39, 0.29) is 11.5 Å². The lowest BCUT2D eigenvalue weighted by molar-refractivity contribution is -0.121. The summed E-state index contributed by atoms with van der Waals surface area (Å²) in [6.07, 6.45) is 1.80. The second-order valence-electron chi connectivity index (χ2n) is 5.27. The number of pyridine rings is 1.